The van der Waals surface area contributed by atoms with Crippen LogP contribution in [0.15, 0.2) is 18.2 Å². The minimum atomic E-state index is -4.38. The molecular formula is C12H15ClF3N. The molecule has 1 aromatic carbocycles. The number of unbranched alkanes of at least 4 members (excludes halogenated alkanes) is 1. The summed E-state index contributed by atoms with van der Waals surface area (Å²) in [6.07, 6.45) is -1.88. The smallest absolute Gasteiger partial charge is 0.324 e. The molecule has 17 heavy (non-hydrogen) atoms. The van der Waals surface area contributed by atoms with Crippen molar-refractivity contribution >= 4 is 11.6 Å². The third-order valence-electron chi connectivity index (χ3n) is 2.54. The van der Waals surface area contributed by atoms with Crippen molar-refractivity contribution in [2.24, 2.45) is 5.73 Å². The van der Waals surface area contributed by atoms with Crippen LogP contribution in [0.3, 0.4) is 0 Å². The summed E-state index contributed by atoms with van der Waals surface area (Å²) in [4.78, 5) is 0. The van der Waals surface area contributed by atoms with E-state index in [2.05, 4.69) is 0 Å². The quantitative estimate of drug-likeness (QED) is 0.849. The van der Waals surface area contributed by atoms with Crippen LogP contribution >= 0.6 is 11.6 Å². The molecule has 1 nitrogen and oxygen atoms in total. The fraction of sp³-hybridized carbons (Fsp3) is 0.500. The van der Waals surface area contributed by atoms with E-state index in [4.69, 9.17) is 17.3 Å². The molecule has 0 aliphatic rings. The maximum absolute atomic E-state index is 12.6. The van der Waals surface area contributed by atoms with Gasteiger partial charge in [0.05, 0.1) is 5.56 Å². The molecule has 0 spiro atoms. The van der Waals surface area contributed by atoms with Gasteiger partial charge in [0, 0.05) is 11.1 Å². The molecule has 0 aliphatic heterocycles. The highest BCUT2D eigenvalue weighted by atomic mass is 35.5. The van der Waals surface area contributed by atoms with Gasteiger partial charge in [0.25, 0.3) is 0 Å². The number of nitrogens with two attached hydrogens (primary N) is 1. The maximum Gasteiger partial charge on any atom is 0.416 e. The molecule has 0 unspecified atom stereocenters. The van der Waals surface area contributed by atoms with E-state index in [-0.39, 0.29) is 5.02 Å². The molecule has 0 aliphatic carbocycles. The van der Waals surface area contributed by atoms with E-state index in [9.17, 15) is 13.2 Å². The standard InChI is InChI=1S/C12H15ClF3N/c1-2-3-4-11(17)8-5-9(12(14,15)16)7-10(13)6-8/h5-7,11H,2-4,17H2,1H3/t11-/m0/s1. The van der Waals surface area contributed by atoms with E-state index in [0.29, 0.717) is 12.0 Å². The Hall–Kier alpha value is -0.740. The molecule has 5 heteroatoms. The van der Waals surface area contributed by atoms with Gasteiger partial charge in [-0.25, -0.2) is 0 Å². The Bertz CT molecular complexity index is 377. The lowest BCUT2D eigenvalue weighted by Gasteiger charge is -2.15. The monoisotopic (exact) mass is 265 g/mol. The second-order valence-corrected chi connectivity index (χ2v) is 4.46. The average Bonchev–Trinajstić information content (AvgIpc) is 2.23. The topological polar surface area (TPSA) is 26.0 Å². The molecule has 0 saturated heterocycles. The summed E-state index contributed by atoms with van der Waals surface area (Å²) in [6, 6.07) is 3.09. The zero-order valence-electron chi connectivity index (χ0n) is 9.52. The van der Waals surface area contributed by atoms with E-state index >= 15 is 0 Å². The first kappa shape index (κ1) is 14.3. The van der Waals surface area contributed by atoms with Crippen LogP contribution in [0.5, 0.6) is 0 Å². The molecule has 0 amide bonds. The summed E-state index contributed by atoms with van der Waals surface area (Å²) >= 11 is 5.68. The molecule has 0 bridgehead atoms. The van der Waals surface area contributed by atoms with Crippen molar-refractivity contribution < 1.29 is 13.2 Å². The van der Waals surface area contributed by atoms with Gasteiger partial charge in [0.1, 0.15) is 0 Å². The van der Waals surface area contributed by atoms with Gasteiger partial charge in [-0.05, 0) is 30.2 Å². The highest BCUT2D eigenvalue weighted by Gasteiger charge is 2.31. The normalized spacial score (nSPS) is 13.8. The van der Waals surface area contributed by atoms with Crippen LogP contribution in [0, 0.1) is 0 Å². The van der Waals surface area contributed by atoms with Gasteiger partial charge in [-0.15, -0.1) is 0 Å². The summed E-state index contributed by atoms with van der Waals surface area (Å²) < 4.78 is 37.7. The lowest BCUT2D eigenvalue weighted by molar-refractivity contribution is -0.137. The molecule has 1 aromatic rings. The van der Waals surface area contributed by atoms with Gasteiger partial charge in [-0.1, -0.05) is 31.4 Å². The van der Waals surface area contributed by atoms with Gasteiger partial charge < -0.3 is 5.73 Å². The van der Waals surface area contributed by atoms with Gasteiger partial charge >= 0.3 is 6.18 Å². The highest BCUT2D eigenvalue weighted by molar-refractivity contribution is 6.30. The van der Waals surface area contributed by atoms with Crippen LogP contribution in [0.4, 0.5) is 13.2 Å². The number of hydrogen-bond acceptors (Lipinski definition) is 1. The number of alkyl halides is 3. The van der Waals surface area contributed by atoms with E-state index < -0.39 is 17.8 Å². The first-order chi connectivity index (χ1) is 7.84. The van der Waals surface area contributed by atoms with Crippen LogP contribution in [0.2, 0.25) is 5.02 Å². The third kappa shape index (κ3) is 4.21. The van der Waals surface area contributed by atoms with E-state index in [0.717, 1.165) is 25.0 Å². The Morgan fingerprint density at radius 3 is 2.47 bits per heavy atom. The van der Waals surface area contributed by atoms with Crippen molar-refractivity contribution in [2.45, 2.75) is 38.4 Å². The van der Waals surface area contributed by atoms with Gasteiger partial charge in [0.15, 0.2) is 0 Å². The molecule has 0 radical (unpaired) electrons. The van der Waals surface area contributed by atoms with Crippen molar-refractivity contribution in [1.82, 2.24) is 0 Å². The summed E-state index contributed by atoms with van der Waals surface area (Å²) in [5, 5.41) is 0.0711. The van der Waals surface area contributed by atoms with Crippen LogP contribution in [-0.2, 0) is 6.18 Å². The first-order valence-electron chi connectivity index (χ1n) is 5.48. The fourth-order valence-electron chi connectivity index (χ4n) is 1.58. The Morgan fingerprint density at radius 1 is 1.29 bits per heavy atom. The molecule has 1 rings (SSSR count). The Kier molecular flexibility index (Phi) is 4.83. The first-order valence-corrected chi connectivity index (χ1v) is 5.85. The summed E-state index contributed by atoms with van der Waals surface area (Å²) in [5.41, 5.74) is 5.54. The average molecular weight is 266 g/mol. The Labute approximate surface area is 104 Å². The molecule has 2 N–H and O–H groups in total. The van der Waals surface area contributed by atoms with E-state index in [1.54, 1.807) is 0 Å². The summed E-state index contributed by atoms with van der Waals surface area (Å²) in [6.45, 7) is 2.01. The van der Waals surface area contributed by atoms with E-state index in [1.807, 2.05) is 6.92 Å². The molecule has 96 valence electrons. The molecule has 0 aromatic heterocycles. The summed E-state index contributed by atoms with van der Waals surface area (Å²) in [5.74, 6) is 0. The predicted octanol–water partition coefficient (Wildman–Crippen LogP) is 4.55. The van der Waals surface area contributed by atoms with E-state index in [1.165, 1.54) is 6.07 Å². The molecular weight excluding hydrogens is 251 g/mol. The zero-order chi connectivity index (χ0) is 13.1. The highest BCUT2D eigenvalue weighted by Crippen LogP contribution is 2.33. The largest absolute Gasteiger partial charge is 0.416 e. The molecule has 0 fully saturated rings. The Balaban J connectivity index is 2.97. The zero-order valence-corrected chi connectivity index (χ0v) is 10.3. The van der Waals surface area contributed by atoms with Crippen molar-refractivity contribution in [3.63, 3.8) is 0 Å². The number of halogens is 4. The van der Waals surface area contributed by atoms with Crippen LogP contribution in [0.25, 0.3) is 0 Å². The third-order valence-corrected chi connectivity index (χ3v) is 2.76. The van der Waals surface area contributed by atoms with Crippen molar-refractivity contribution in [3.8, 4) is 0 Å². The summed E-state index contributed by atoms with van der Waals surface area (Å²) in [7, 11) is 0. The number of hydrogen-bond donors (Lipinski definition) is 1. The SMILES string of the molecule is CCCC[C@H](N)c1cc(Cl)cc(C(F)(F)F)c1. The number of rotatable bonds is 4. The minimum Gasteiger partial charge on any atom is -0.324 e. The maximum atomic E-state index is 12.6. The lowest BCUT2D eigenvalue weighted by atomic mass is 10.00. The number of benzene rings is 1. The fourth-order valence-corrected chi connectivity index (χ4v) is 1.82. The second kappa shape index (κ2) is 5.74. The molecule has 0 heterocycles. The van der Waals surface area contributed by atoms with Gasteiger partial charge in [-0.2, -0.15) is 13.2 Å². The molecule has 1 atom stereocenters. The lowest BCUT2D eigenvalue weighted by Crippen LogP contribution is -2.12. The van der Waals surface area contributed by atoms with Crippen molar-refractivity contribution in [2.75, 3.05) is 0 Å². The van der Waals surface area contributed by atoms with Crippen LogP contribution in [0.1, 0.15) is 43.4 Å². The van der Waals surface area contributed by atoms with Crippen LogP contribution in [-0.4, -0.2) is 0 Å². The van der Waals surface area contributed by atoms with Crippen LogP contribution < -0.4 is 5.73 Å². The van der Waals surface area contributed by atoms with Gasteiger partial charge in [-0.3, -0.25) is 0 Å². The molecule has 0 saturated carbocycles. The van der Waals surface area contributed by atoms with Crippen molar-refractivity contribution in [1.29, 1.82) is 0 Å². The van der Waals surface area contributed by atoms with Crippen molar-refractivity contribution in [3.05, 3.63) is 34.3 Å². The predicted molar refractivity (Wildman–Crippen MR) is 62.9 cm³/mol. The second-order valence-electron chi connectivity index (χ2n) is 4.02. The minimum absolute atomic E-state index is 0.0711. The van der Waals surface area contributed by atoms with Gasteiger partial charge in [0.2, 0.25) is 0 Å². The Morgan fingerprint density at radius 2 is 1.94 bits per heavy atom.